The van der Waals surface area contributed by atoms with Crippen molar-refractivity contribution in [2.45, 2.75) is 148 Å². The number of carbonyl (C=O) groups excluding carboxylic acids is 2. The van der Waals surface area contributed by atoms with Crippen LogP contribution in [-0.2, 0) is 46.9 Å². The molecule has 234 valence electrons. The van der Waals surface area contributed by atoms with E-state index in [2.05, 4.69) is 27.7 Å². The quantitative estimate of drug-likeness (QED) is 0.254. The SMILES string of the molecule is CO[Si](O[C@@H]1[C@@H]2O[C@H]3CC[C@H](CCOC(=O)C(C)(C)C)O[C@@H]3C(=O)[C@@H]2O[C@@H]1CC1=COC(C)(C)O1)(C(C)C)C(C)C. The Kier molecular flexibility index (Phi) is 9.68. The molecule has 4 aliphatic rings. The predicted molar refractivity (Wildman–Crippen MR) is 152 cm³/mol. The second-order valence-electron chi connectivity index (χ2n) is 13.8. The highest BCUT2D eigenvalue weighted by Crippen LogP contribution is 2.44. The summed E-state index contributed by atoms with van der Waals surface area (Å²) in [5, 5.41) is 0. The summed E-state index contributed by atoms with van der Waals surface area (Å²) in [4.78, 5) is 26.0. The van der Waals surface area contributed by atoms with Crippen LogP contribution in [0.4, 0.5) is 0 Å². The number of fused-ring (bicyclic) bond motifs is 2. The molecule has 4 rings (SSSR count). The second-order valence-corrected chi connectivity index (χ2v) is 18.2. The fourth-order valence-electron chi connectivity index (χ4n) is 6.27. The minimum Gasteiger partial charge on any atom is -0.465 e. The molecule has 11 heteroatoms. The molecule has 0 aliphatic carbocycles. The van der Waals surface area contributed by atoms with E-state index in [0.717, 1.165) is 0 Å². The summed E-state index contributed by atoms with van der Waals surface area (Å²) in [7, 11) is -1.03. The molecule has 0 radical (unpaired) electrons. The van der Waals surface area contributed by atoms with Gasteiger partial charge < -0.3 is 37.3 Å². The van der Waals surface area contributed by atoms with Gasteiger partial charge in [-0.3, -0.25) is 9.59 Å². The number of hydrogen-bond acceptors (Lipinski definition) is 10. The number of Topliss-reactive ketones (excluding diaryl/α,β-unsaturated/α-hetero) is 1. The minimum absolute atomic E-state index is 0.129. The summed E-state index contributed by atoms with van der Waals surface area (Å²) in [6.45, 7) is 17.9. The average molecular weight is 599 g/mol. The van der Waals surface area contributed by atoms with Crippen molar-refractivity contribution in [3.63, 3.8) is 0 Å². The van der Waals surface area contributed by atoms with Crippen LogP contribution in [0.3, 0.4) is 0 Å². The highest BCUT2D eigenvalue weighted by atomic mass is 28.4. The molecule has 10 nitrogen and oxygen atoms in total. The van der Waals surface area contributed by atoms with E-state index in [-0.39, 0.29) is 35.5 Å². The maximum Gasteiger partial charge on any atom is 0.343 e. The van der Waals surface area contributed by atoms with Crippen LogP contribution in [0, 0.1) is 5.41 Å². The molecule has 0 aromatic carbocycles. The molecule has 0 aromatic heterocycles. The molecule has 0 aromatic rings. The van der Waals surface area contributed by atoms with E-state index in [9.17, 15) is 9.59 Å². The highest BCUT2D eigenvalue weighted by molar-refractivity contribution is 6.70. The van der Waals surface area contributed by atoms with Gasteiger partial charge in [0.25, 0.3) is 0 Å². The first-order valence-corrected chi connectivity index (χ1v) is 17.0. The zero-order valence-electron chi connectivity index (χ0n) is 26.4. The third-order valence-electron chi connectivity index (χ3n) is 8.44. The summed E-state index contributed by atoms with van der Waals surface area (Å²) in [6, 6.07) is 0. The molecule has 3 fully saturated rings. The smallest absolute Gasteiger partial charge is 0.343 e. The molecule has 4 heterocycles. The van der Waals surface area contributed by atoms with Crippen molar-refractivity contribution in [1.29, 1.82) is 0 Å². The van der Waals surface area contributed by atoms with E-state index < -0.39 is 56.4 Å². The number of hydrogen-bond donors (Lipinski definition) is 0. The van der Waals surface area contributed by atoms with Gasteiger partial charge in [0.05, 0.1) is 30.3 Å². The van der Waals surface area contributed by atoms with Crippen molar-refractivity contribution in [3.05, 3.63) is 12.0 Å². The molecular formula is C30H50O10Si. The van der Waals surface area contributed by atoms with Crippen LogP contribution in [0.5, 0.6) is 0 Å². The van der Waals surface area contributed by atoms with Crippen LogP contribution < -0.4 is 0 Å². The molecule has 3 saturated heterocycles. The van der Waals surface area contributed by atoms with Crippen molar-refractivity contribution in [2.75, 3.05) is 13.7 Å². The molecule has 7 atom stereocenters. The number of carbonyl (C=O) groups is 2. The Labute approximate surface area is 245 Å². The maximum atomic E-state index is 13.9. The molecular weight excluding hydrogens is 548 g/mol. The number of ketones is 1. The van der Waals surface area contributed by atoms with Crippen LogP contribution >= 0.6 is 0 Å². The summed E-state index contributed by atoms with van der Waals surface area (Å²) in [6.07, 6.45) is 0.0918. The molecule has 0 saturated carbocycles. The lowest BCUT2D eigenvalue weighted by Gasteiger charge is -2.44. The maximum absolute atomic E-state index is 13.9. The lowest BCUT2D eigenvalue weighted by Crippen LogP contribution is -2.61. The number of ether oxygens (including phenoxy) is 6. The summed E-state index contributed by atoms with van der Waals surface area (Å²) >= 11 is 0. The van der Waals surface area contributed by atoms with Gasteiger partial charge in [-0.05, 0) is 44.7 Å². The molecule has 0 bridgehead atoms. The normalized spacial score (nSPS) is 33.2. The van der Waals surface area contributed by atoms with Crippen LogP contribution in [0.15, 0.2) is 12.0 Å². The van der Waals surface area contributed by atoms with Gasteiger partial charge in [0.1, 0.15) is 36.4 Å². The van der Waals surface area contributed by atoms with Crippen molar-refractivity contribution in [3.8, 4) is 0 Å². The van der Waals surface area contributed by atoms with Gasteiger partial charge in [-0.15, -0.1) is 0 Å². The van der Waals surface area contributed by atoms with Crippen LogP contribution in [0.2, 0.25) is 11.1 Å². The first kappa shape index (κ1) is 32.4. The van der Waals surface area contributed by atoms with Crippen molar-refractivity contribution in [2.24, 2.45) is 5.41 Å². The zero-order valence-corrected chi connectivity index (χ0v) is 27.4. The van der Waals surface area contributed by atoms with Gasteiger partial charge in [0, 0.05) is 33.8 Å². The van der Waals surface area contributed by atoms with Gasteiger partial charge >= 0.3 is 14.5 Å². The Morgan fingerprint density at radius 1 is 1.07 bits per heavy atom. The molecule has 0 amide bonds. The molecule has 0 unspecified atom stereocenters. The van der Waals surface area contributed by atoms with Crippen molar-refractivity contribution in [1.82, 2.24) is 0 Å². The fourth-order valence-corrected chi connectivity index (χ4v) is 9.90. The number of esters is 1. The zero-order chi connectivity index (χ0) is 30.3. The minimum atomic E-state index is -2.74. The predicted octanol–water partition coefficient (Wildman–Crippen LogP) is 4.93. The van der Waals surface area contributed by atoms with Gasteiger partial charge in [-0.1, -0.05) is 27.7 Å². The van der Waals surface area contributed by atoms with Gasteiger partial charge in [-0.2, -0.15) is 0 Å². The van der Waals surface area contributed by atoms with E-state index in [0.29, 0.717) is 31.4 Å². The Morgan fingerprint density at radius 2 is 1.76 bits per heavy atom. The van der Waals surface area contributed by atoms with E-state index in [1.807, 2.05) is 34.6 Å². The Bertz CT molecular complexity index is 978. The highest BCUT2D eigenvalue weighted by Gasteiger charge is 2.60. The fraction of sp³-hybridized carbons (Fsp3) is 0.867. The number of rotatable bonds is 10. The second kappa shape index (κ2) is 12.2. The third kappa shape index (κ3) is 6.85. The van der Waals surface area contributed by atoms with E-state index in [1.54, 1.807) is 13.4 Å². The monoisotopic (exact) mass is 598 g/mol. The lowest BCUT2D eigenvalue weighted by atomic mass is 9.89. The van der Waals surface area contributed by atoms with E-state index in [4.69, 9.17) is 37.3 Å². The van der Waals surface area contributed by atoms with E-state index >= 15 is 0 Å². The largest absolute Gasteiger partial charge is 0.465 e. The van der Waals surface area contributed by atoms with Crippen molar-refractivity contribution >= 4 is 20.3 Å². The Morgan fingerprint density at radius 3 is 2.32 bits per heavy atom. The summed E-state index contributed by atoms with van der Waals surface area (Å²) in [5.74, 6) is -0.507. The third-order valence-corrected chi connectivity index (χ3v) is 12.9. The van der Waals surface area contributed by atoms with Gasteiger partial charge in [-0.25, -0.2) is 0 Å². The van der Waals surface area contributed by atoms with Crippen LogP contribution in [-0.4, -0.2) is 82.5 Å². The topological polar surface area (TPSA) is 108 Å². The Hall–Kier alpha value is -1.50. The first-order valence-electron chi connectivity index (χ1n) is 15.0. The van der Waals surface area contributed by atoms with Crippen LogP contribution in [0.25, 0.3) is 0 Å². The summed E-state index contributed by atoms with van der Waals surface area (Å²) in [5.41, 5.74) is -0.241. The Balaban J connectivity index is 1.50. The molecule has 0 spiro atoms. The lowest BCUT2D eigenvalue weighted by molar-refractivity contribution is -0.212. The molecule has 0 N–H and O–H groups in total. The van der Waals surface area contributed by atoms with E-state index in [1.165, 1.54) is 0 Å². The summed E-state index contributed by atoms with van der Waals surface area (Å²) < 4.78 is 49.5. The standard InChI is InChI=1S/C30H50O10Si/c1-17(2)41(33-10,18(3)4)40-25-22(15-20-16-35-30(8,9)39-20)38-26-23(31)24-21(37-27(25)26)12-11-19(36-24)13-14-34-28(32)29(5,6)7/h16-19,21-22,24-27H,11-15H2,1-10H3/t19-,21+,22-,24+,25+,26+,27+/m1/s1. The van der Waals surface area contributed by atoms with Gasteiger partial charge in [0.2, 0.25) is 5.79 Å². The van der Waals surface area contributed by atoms with Crippen molar-refractivity contribution < 1.29 is 46.9 Å². The first-order chi connectivity index (χ1) is 19.1. The van der Waals surface area contributed by atoms with Gasteiger partial charge in [0.15, 0.2) is 5.78 Å². The average Bonchev–Trinajstić information content (AvgIpc) is 3.40. The van der Waals surface area contributed by atoms with Crippen LogP contribution in [0.1, 0.15) is 88.0 Å². The molecule has 4 aliphatic heterocycles. The molecule has 41 heavy (non-hydrogen) atoms.